The molecule has 0 bridgehead atoms. The first-order valence-electron chi connectivity index (χ1n) is 11.1. The molecular weight excluding hydrogens is 442 g/mol. The highest BCUT2D eigenvalue weighted by atomic mass is 32.2. The number of anilines is 1. The van der Waals surface area contributed by atoms with E-state index in [-0.39, 0.29) is 18.9 Å². The molecule has 2 aromatic rings. The number of carbonyl (C=O) groups is 1. The maximum absolute atomic E-state index is 12.3. The van der Waals surface area contributed by atoms with Crippen molar-refractivity contribution in [2.45, 2.75) is 25.9 Å². The first kappa shape index (κ1) is 25.0. The van der Waals surface area contributed by atoms with Crippen LogP contribution in [0.1, 0.15) is 24.0 Å². The third kappa shape index (κ3) is 8.03. The van der Waals surface area contributed by atoms with Crippen LogP contribution in [0.2, 0.25) is 0 Å². The summed E-state index contributed by atoms with van der Waals surface area (Å²) in [5.41, 5.74) is 2.79. The molecule has 1 aliphatic rings. The van der Waals surface area contributed by atoms with E-state index in [1.807, 2.05) is 12.1 Å². The number of morpholine rings is 1. The lowest BCUT2D eigenvalue weighted by Crippen LogP contribution is -2.35. The van der Waals surface area contributed by atoms with E-state index in [0.29, 0.717) is 24.4 Å². The molecule has 33 heavy (non-hydrogen) atoms. The fourth-order valence-electron chi connectivity index (χ4n) is 3.70. The SMILES string of the molecule is COc1cccc(N(CCCC(=O)NCc2ccc(CN3CCOCC3)cc2)S(C)(=O)=O)c1. The molecule has 1 aliphatic heterocycles. The van der Waals surface area contributed by atoms with Crippen LogP contribution in [0.4, 0.5) is 5.69 Å². The highest BCUT2D eigenvalue weighted by Gasteiger charge is 2.18. The van der Waals surface area contributed by atoms with Crippen molar-refractivity contribution in [1.82, 2.24) is 10.2 Å². The number of hydrogen-bond donors (Lipinski definition) is 1. The highest BCUT2D eigenvalue weighted by Crippen LogP contribution is 2.23. The Balaban J connectivity index is 1.44. The molecule has 0 saturated carbocycles. The summed E-state index contributed by atoms with van der Waals surface area (Å²) < 4.78 is 36.4. The van der Waals surface area contributed by atoms with Crippen LogP contribution >= 0.6 is 0 Å². The van der Waals surface area contributed by atoms with Gasteiger partial charge in [0.15, 0.2) is 0 Å². The van der Waals surface area contributed by atoms with Crippen molar-refractivity contribution < 1.29 is 22.7 Å². The number of benzene rings is 2. The minimum absolute atomic E-state index is 0.105. The molecule has 9 heteroatoms. The van der Waals surface area contributed by atoms with Gasteiger partial charge in [-0.3, -0.25) is 14.0 Å². The van der Waals surface area contributed by atoms with Crippen molar-refractivity contribution in [2.75, 3.05) is 50.5 Å². The highest BCUT2D eigenvalue weighted by molar-refractivity contribution is 7.92. The quantitative estimate of drug-likeness (QED) is 0.537. The van der Waals surface area contributed by atoms with Gasteiger partial charge in [0.1, 0.15) is 5.75 Å². The molecule has 2 aromatic carbocycles. The maximum Gasteiger partial charge on any atom is 0.232 e. The maximum atomic E-state index is 12.3. The van der Waals surface area contributed by atoms with Gasteiger partial charge in [-0.05, 0) is 29.7 Å². The number of methoxy groups -OCH3 is 1. The van der Waals surface area contributed by atoms with Gasteiger partial charge in [-0.1, -0.05) is 30.3 Å². The van der Waals surface area contributed by atoms with Crippen molar-refractivity contribution in [2.24, 2.45) is 0 Å². The van der Waals surface area contributed by atoms with Gasteiger partial charge >= 0.3 is 0 Å². The first-order chi connectivity index (χ1) is 15.8. The molecule has 0 aromatic heterocycles. The molecule has 1 saturated heterocycles. The zero-order chi connectivity index (χ0) is 23.7. The lowest BCUT2D eigenvalue weighted by Gasteiger charge is -2.26. The Labute approximate surface area is 196 Å². The van der Waals surface area contributed by atoms with Gasteiger partial charge in [-0.2, -0.15) is 0 Å². The van der Waals surface area contributed by atoms with Crippen LogP contribution in [0.5, 0.6) is 5.75 Å². The van der Waals surface area contributed by atoms with E-state index in [0.717, 1.165) is 44.7 Å². The van der Waals surface area contributed by atoms with Crippen molar-refractivity contribution in [3.8, 4) is 5.75 Å². The Hall–Kier alpha value is -2.62. The summed E-state index contributed by atoms with van der Waals surface area (Å²) in [6.45, 7) is 5.04. The number of rotatable bonds is 11. The van der Waals surface area contributed by atoms with Crippen LogP contribution in [-0.4, -0.2) is 65.4 Å². The summed E-state index contributed by atoms with van der Waals surface area (Å²) in [4.78, 5) is 14.7. The zero-order valence-corrected chi connectivity index (χ0v) is 20.1. The predicted octanol–water partition coefficient (Wildman–Crippen LogP) is 2.39. The van der Waals surface area contributed by atoms with Gasteiger partial charge in [0.25, 0.3) is 0 Å². The largest absolute Gasteiger partial charge is 0.497 e. The Morgan fingerprint density at radius 3 is 2.48 bits per heavy atom. The third-order valence-corrected chi connectivity index (χ3v) is 6.72. The minimum atomic E-state index is -3.48. The second kappa shape index (κ2) is 12.0. The number of carbonyl (C=O) groups excluding carboxylic acids is 1. The third-order valence-electron chi connectivity index (χ3n) is 5.53. The van der Waals surface area contributed by atoms with Gasteiger partial charge in [0.2, 0.25) is 15.9 Å². The zero-order valence-electron chi connectivity index (χ0n) is 19.3. The number of nitrogens with zero attached hydrogens (tertiary/aromatic N) is 2. The lowest BCUT2D eigenvalue weighted by atomic mass is 10.1. The van der Waals surface area contributed by atoms with Crippen molar-refractivity contribution in [3.63, 3.8) is 0 Å². The van der Waals surface area contributed by atoms with Gasteiger partial charge < -0.3 is 14.8 Å². The van der Waals surface area contributed by atoms with Crippen molar-refractivity contribution in [1.29, 1.82) is 0 Å². The van der Waals surface area contributed by atoms with E-state index in [2.05, 4.69) is 22.3 Å². The molecule has 0 aliphatic carbocycles. The fraction of sp³-hybridized carbons (Fsp3) is 0.458. The number of nitrogens with one attached hydrogen (secondary N) is 1. The van der Waals surface area contributed by atoms with Crippen LogP contribution in [0.15, 0.2) is 48.5 Å². The van der Waals surface area contributed by atoms with Crippen LogP contribution in [-0.2, 0) is 32.6 Å². The molecule has 0 unspecified atom stereocenters. The summed E-state index contributed by atoms with van der Waals surface area (Å²) in [5, 5.41) is 2.92. The molecule has 1 fully saturated rings. The van der Waals surface area contributed by atoms with Crippen LogP contribution in [0, 0.1) is 0 Å². The molecule has 180 valence electrons. The monoisotopic (exact) mass is 475 g/mol. The van der Waals surface area contributed by atoms with Crippen molar-refractivity contribution >= 4 is 21.6 Å². The van der Waals surface area contributed by atoms with E-state index >= 15 is 0 Å². The van der Waals surface area contributed by atoms with E-state index in [9.17, 15) is 13.2 Å². The summed E-state index contributed by atoms with van der Waals surface area (Å²) >= 11 is 0. The topological polar surface area (TPSA) is 88.2 Å². The van der Waals surface area contributed by atoms with Gasteiger partial charge in [-0.15, -0.1) is 0 Å². The van der Waals surface area contributed by atoms with Crippen LogP contribution in [0.3, 0.4) is 0 Å². The molecule has 0 radical (unpaired) electrons. The average Bonchev–Trinajstić information content (AvgIpc) is 2.81. The Kier molecular flexibility index (Phi) is 9.11. The number of amides is 1. The molecule has 1 heterocycles. The first-order valence-corrected chi connectivity index (χ1v) is 13.0. The Morgan fingerprint density at radius 2 is 1.82 bits per heavy atom. The number of ether oxygens (including phenoxy) is 2. The number of hydrogen-bond acceptors (Lipinski definition) is 6. The molecule has 8 nitrogen and oxygen atoms in total. The predicted molar refractivity (Wildman–Crippen MR) is 129 cm³/mol. The summed E-state index contributed by atoms with van der Waals surface area (Å²) in [5.74, 6) is 0.473. The summed E-state index contributed by atoms with van der Waals surface area (Å²) in [7, 11) is -1.94. The smallest absolute Gasteiger partial charge is 0.232 e. The van der Waals surface area contributed by atoms with E-state index in [1.54, 1.807) is 24.3 Å². The summed E-state index contributed by atoms with van der Waals surface area (Å²) in [6.07, 6.45) is 1.81. The fourth-order valence-corrected chi connectivity index (χ4v) is 4.66. The average molecular weight is 476 g/mol. The van der Waals surface area contributed by atoms with Crippen LogP contribution in [0.25, 0.3) is 0 Å². The molecule has 1 N–H and O–H groups in total. The van der Waals surface area contributed by atoms with Gasteiger partial charge in [0.05, 0.1) is 32.3 Å². The number of sulfonamides is 1. The Bertz CT molecular complexity index is 1010. The normalized spacial score (nSPS) is 14.6. The Morgan fingerprint density at radius 1 is 1.12 bits per heavy atom. The second-order valence-corrected chi connectivity index (χ2v) is 10.0. The van der Waals surface area contributed by atoms with E-state index in [1.165, 1.54) is 17.0 Å². The van der Waals surface area contributed by atoms with Gasteiger partial charge in [0, 0.05) is 45.2 Å². The second-order valence-electron chi connectivity index (χ2n) is 8.12. The molecular formula is C24H33N3O5S. The molecule has 0 spiro atoms. The van der Waals surface area contributed by atoms with E-state index < -0.39 is 10.0 Å². The molecule has 3 rings (SSSR count). The lowest BCUT2D eigenvalue weighted by molar-refractivity contribution is -0.121. The molecule has 0 atom stereocenters. The minimum Gasteiger partial charge on any atom is -0.497 e. The molecule has 1 amide bonds. The van der Waals surface area contributed by atoms with Crippen LogP contribution < -0.4 is 14.4 Å². The standard InChI is InChI=1S/C24H33N3O5S/c1-31-23-6-3-5-22(17-23)27(33(2,29)30)12-4-7-24(28)25-18-20-8-10-21(11-9-20)19-26-13-15-32-16-14-26/h3,5-6,8-11,17H,4,7,12-16,18-19H2,1-2H3,(H,25,28). The van der Waals surface area contributed by atoms with Crippen molar-refractivity contribution in [3.05, 3.63) is 59.7 Å². The van der Waals surface area contributed by atoms with E-state index in [4.69, 9.17) is 9.47 Å². The van der Waals surface area contributed by atoms with Gasteiger partial charge in [-0.25, -0.2) is 8.42 Å². The summed E-state index contributed by atoms with van der Waals surface area (Å²) in [6, 6.07) is 15.1.